The molecule has 0 radical (unpaired) electrons. The molecule has 14 heteroatoms. The summed E-state index contributed by atoms with van der Waals surface area (Å²) in [5.74, 6) is -1.38. The Hall–Kier alpha value is -4.50. The minimum atomic E-state index is -0.812. The van der Waals surface area contributed by atoms with E-state index < -0.39 is 23.8 Å². The molecule has 1 aromatic heterocycles. The second-order valence-electron chi connectivity index (χ2n) is 9.84. The Morgan fingerprint density at radius 3 is 2.56 bits per heavy atom. The normalized spacial score (nSPS) is 16.3. The fraction of sp³-hybridized carbons (Fsp3) is 0.379. The topological polar surface area (TPSA) is 187 Å². The Morgan fingerprint density at radius 2 is 1.77 bits per heavy atom. The molecule has 0 bridgehead atoms. The zero-order chi connectivity index (χ0) is 30.2. The summed E-state index contributed by atoms with van der Waals surface area (Å²) in [5.41, 5.74) is 7.25. The molecule has 4 amide bonds. The van der Waals surface area contributed by atoms with Gasteiger partial charge in [-0.3, -0.25) is 24.5 Å². The van der Waals surface area contributed by atoms with Crippen LogP contribution in [0.1, 0.15) is 39.1 Å². The van der Waals surface area contributed by atoms with Crippen molar-refractivity contribution in [1.29, 1.82) is 0 Å². The lowest BCUT2D eigenvalue weighted by atomic mass is 9.99. The van der Waals surface area contributed by atoms with Crippen LogP contribution in [-0.2, 0) is 30.3 Å². The maximum atomic E-state index is 13.8. The van der Waals surface area contributed by atoms with E-state index in [4.69, 9.17) is 19.9 Å². The second kappa shape index (κ2) is 14.1. The predicted molar refractivity (Wildman–Crippen MR) is 154 cm³/mol. The molecule has 14 nitrogen and oxygen atoms in total. The summed E-state index contributed by atoms with van der Waals surface area (Å²) < 4.78 is 15.9. The average Bonchev–Trinajstić information content (AvgIpc) is 3.34. The van der Waals surface area contributed by atoms with E-state index in [1.807, 2.05) is 24.3 Å². The van der Waals surface area contributed by atoms with Crippen LogP contribution >= 0.6 is 0 Å². The molecule has 43 heavy (non-hydrogen) atoms. The summed E-state index contributed by atoms with van der Waals surface area (Å²) in [4.78, 5) is 61.8. The predicted octanol–water partition coefficient (Wildman–Crippen LogP) is 0.830. The van der Waals surface area contributed by atoms with Crippen LogP contribution in [-0.4, -0.2) is 90.8 Å². The van der Waals surface area contributed by atoms with Crippen LogP contribution in [0.5, 0.6) is 0 Å². The van der Waals surface area contributed by atoms with Crippen molar-refractivity contribution in [3.63, 3.8) is 0 Å². The lowest BCUT2D eigenvalue weighted by Crippen LogP contribution is -2.52. The minimum Gasteiger partial charge on any atom is -0.377 e. The number of aromatic nitrogens is 2. The summed E-state index contributed by atoms with van der Waals surface area (Å²) in [5, 5.41) is 9.09. The highest BCUT2D eigenvalue weighted by atomic mass is 16.5. The molecule has 3 aromatic rings. The molecule has 5 rings (SSSR count). The smallest absolute Gasteiger partial charge is 0.256 e. The highest BCUT2D eigenvalue weighted by Crippen LogP contribution is 2.35. The highest BCUT2D eigenvalue weighted by molar-refractivity contribution is 6.14. The van der Waals surface area contributed by atoms with Gasteiger partial charge in [-0.25, -0.2) is 9.97 Å². The molecule has 1 unspecified atom stereocenters. The largest absolute Gasteiger partial charge is 0.377 e. The number of carbonyl (C=O) groups is 4. The molecule has 2 aromatic carbocycles. The minimum absolute atomic E-state index is 0.128. The summed E-state index contributed by atoms with van der Waals surface area (Å²) >= 11 is 0. The van der Waals surface area contributed by atoms with Gasteiger partial charge in [-0.2, -0.15) is 0 Å². The van der Waals surface area contributed by atoms with E-state index in [9.17, 15) is 19.2 Å². The maximum Gasteiger partial charge on any atom is 0.256 e. The first-order valence-electron chi connectivity index (χ1n) is 14.0. The van der Waals surface area contributed by atoms with E-state index in [2.05, 4.69) is 25.9 Å². The van der Waals surface area contributed by atoms with E-state index in [0.717, 1.165) is 5.39 Å². The Kier molecular flexibility index (Phi) is 9.84. The second-order valence-corrected chi connectivity index (χ2v) is 9.84. The van der Waals surface area contributed by atoms with Crippen molar-refractivity contribution in [2.75, 3.05) is 51.6 Å². The number of piperidine rings is 1. The molecular weight excluding hydrogens is 558 g/mol. The number of hydrogen-bond donors (Lipinski definition) is 4. The lowest BCUT2D eigenvalue weighted by Gasteiger charge is -2.29. The molecular formula is C29H33N7O7. The number of imide groups is 1. The van der Waals surface area contributed by atoms with Crippen LogP contribution in [0.3, 0.4) is 0 Å². The van der Waals surface area contributed by atoms with Gasteiger partial charge in [0.05, 0.1) is 62.1 Å². The van der Waals surface area contributed by atoms with Gasteiger partial charge in [-0.15, -0.1) is 0 Å². The molecule has 226 valence electrons. The molecule has 0 spiro atoms. The summed E-state index contributed by atoms with van der Waals surface area (Å²) in [7, 11) is 0. The third-order valence-corrected chi connectivity index (χ3v) is 7.11. The number of rotatable bonds is 14. The third kappa shape index (κ3) is 6.94. The molecule has 1 fully saturated rings. The van der Waals surface area contributed by atoms with Gasteiger partial charge in [0.15, 0.2) is 0 Å². The van der Waals surface area contributed by atoms with Crippen molar-refractivity contribution in [2.24, 2.45) is 5.73 Å². The van der Waals surface area contributed by atoms with Gasteiger partial charge < -0.3 is 35.5 Å². The number of fused-ring (bicyclic) bond motifs is 2. The number of para-hydroxylation sites is 1. The maximum absolute atomic E-state index is 13.8. The fourth-order valence-electron chi connectivity index (χ4n) is 5.07. The van der Waals surface area contributed by atoms with Gasteiger partial charge in [-0.05, 0) is 30.2 Å². The number of ether oxygens (including phenoxy) is 3. The third-order valence-electron chi connectivity index (χ3n) is 7.11. The first kappa shape index (κ1) is 30.0. The van der Waals surface area contributed by atoms with Crippen molar-refractivity contribution in [1.82, 2.24) is 25.5 Å². The molecule has 1 atom stereocenters. The van der Waals surface area contributed by atoms with Crippen molar-refractivity contribution >= 4 is 46.0 Å². The van der Waals surface area contributed by atoms with Gasteiger partial charge in [0, 0.05) is 24.9 Å². The van der Waals surface area contributed by atoms with E-state index in [-0.39, 0.29) is 56.3 Å². The molecule has 2 aliphatic rings. The fourth-order valence-corrected chi connectivity index (χ4v) is 5.07. The van der Waals surface area contributed by atoms with E-state index in [1.54, 1.807) is 12.1 Å². The zero-order valence-electron chi connectivity index (χ0n) is 23.5. The van der Waals surface area contributed by atoms with Crippen molar-refractivity contribution in [3.8, 4) is 0 Å². The van der Waals surface area contributed by atoms with E-state index in [0.29, 0.717) is 49.0 Å². The Balaban J connectivity index is 1.34. The molecule has 0 aliphatic carbocycles. The number of anilines is 2. The van der Waals surface area contributed by atoms with Gasteiger partial charge in [0.1, 0.15) is 18.2 Å². The SMILES string of the molecule is NCOCCOCCOCCNC(=O)c1c(Nc2ncnc3ccccc23)ccc2c1C(=O)N(C1CCC(=O)NC1=O)C2. The standard InChI is InChI=1S/C29H33N7O7/c30-16-43-14-13-42-12-11-41-10-9-31-28(39)25-21(34-26-19-3-1-2-4-20(19)32-17-33-26)6-5-18-15-36(29(40)24(18)25)22-7-8-23(37)35-27(22)38/h1-6,17,22H,7-16,30H2,(H,31,39)(H,32,33,34)(H,35,37,38). The molecule has 5 N–H and O–H groups in total. The van der Waals surface area contributed by atoms with Crippen LogP contribution < -0.4 is 21.7 Å². The number of benzene rings is 2. The summed E-state index contributed by atoms with van der Waals surface area (Å²) in [6.07, 6.45) is 1.76. The molecule has 2 aliphatic heterocycles. The Bertz CT molecular complexity index is 1510. The zero-order valence-corrected chi connectivity index (χ0v) is 23.5. The van der Waals surface area contributed by atoms with Gasteiger partial charge >= 0.3 is 0 Å². The number of amides is 4. The van der Waals surface area contributed by atoms with Crippen LogP contribution in [0.4, 0.5) is 11.5 Å². The van der Waals surface area contributed by atoms with Crippen molar-refractivity contribution < 1.29 is 33.4 Å². The molecule has 3 heterocycles. The van der Waals surface area contributed by atoms with E-state index in [1.165, 1.54) is 11.2 Å². The van der Waals surface area contributed by atoms with Crippen LogP contribution in [0, 0.1) is 0 Å². The average molecular weight is 592 g/mol. The Morgan fingerprint density at radius 1 is 1.00 bits per heavy atom. The van der Waals surface area contributed by atoms with Crippen LogP contribution in [0.2, 0.25) is 0 Å². The van der Waals surface area contributed by atoms with Gasteiger partial charge in [-0.1, -0.05) is 18.2 Å². The van der Waals surface area contributed by atoms with Gasteiger partial charge in [0.2, 0.25) is 11.8 Å². The number of carbonyl (C=O) groups excluding carboxylic acids is 4. The van der Waals surface area contributed by atoms with Crippen LogP contribution in [0.25, 0.3) is 10.9 Å². The number of hydrogen-bond acceptors (Lipinski definition) is 11. The number of nitrogens with zero attached hydrogens (tertiary/aromatic N) is 3. The van der Waals surface area contributed by atoms with Crippen molar-refractivity contribution in [3.05, 3.63) is 59.4 Å². The summed E-state index contributed by atoms with van der Waals surface area (Å²) in [6.45, 7) is 2.16. The Labute approximate surface area is 247 Å². The highest BCUT2D eigenvalue weighted by Gasteiger charge is 2.41. The van der Waals surface area contributed by atoms with Crippen LogP contribution in [0.15, 0.2) is 42.7 Å². The molecule has 0 saturated carbocycles. The van der Waals surface area contributed by atoms with Gasteiger partial charge in [0.25, 0.3) is 11.8 Å². The van der Waals surface area contributed by atoms with E-state index >= 15 is 0 Å². The first-order valence-corrected chi connectivity index (χ1v) is 14.0. The lowest BCUT2D eigenvalue weighted by molar-refractivity contribution is -0.136. The monoisotopic (exact) mass is 591 g/mol. The number of nitrogens with one attached hydrogen (secondary N) is 3. The quantitative estimate of drug-likeness (QED) is 0.118. The first-order chi connectivity index (χ1) is 21.0. The number of nitrogens with two attached hydrogens (primary N) is 1. The summed E-state index contributed by atoms with van der Waals surface area (Å²) in [6, 6.07) is 10.1. The molecule has 1 saturated heterocycles. The van der Waals surface area contributed by atoms with Crippen molar-refractivity contribution in [2.45, 2.75) is 25.4 Å².